The summed E-state index contributed by atoms with van der Waals surface area (Å²) >= 11 is 0. The third-order valence-electron chi connectivity index (χ3n) is 1.93. The molecule has 0 heterocycles. The van der Waals surface area contributed by atoms with Crippen molar-refractivity contribution in [1.82, 2.24) is 0 Å². The molecule has 1 rings (SSSR count). The van der Waals surface area contributed by atoms with Gasteiger partial charge in [-0.2, -0.15) is 0 Å². The van der Waals surface area contributed by atoms with Gasteiger partial charge in [0.1, 0.15) is 6.10 Å². The zero-order chi connectivity index (χ0) is 10.0. The van der Waals surface area contributed by atoms with Crippen molar-refractivity contribution in [3.63, 3.8) is 0 Å². The molecule has 13 heavy (non-hydrogen) atoms. The number of aliphatic hydroxyl groups excluding tert-OH is 2. The van der Waals surface area contributed by atoms with Gasteiger partial charge >= 0.3 is 0 Å². The van der Waals surface area contributed by atoms with Crippen LogP contribution in [0, 0.1) is 0 Å². The topological polar surface area (TPSA) is 92.5 Å². The van der Waals surface area contributed by atoms with Crippen molar-refractivity contribution >= 4 is 11.4 Å². The summed E-state index contributed by atoms with van der Waals surface area (Å²) in [5.41, 5.74) is 12.4. The summed E-state index contributed by atoms with van der Waals surface area (Å²) in [5.74, 6) is 0. The van der Waals surface area contributed by atoms with Crippen LogP contribution in [0.5, 0.6) is 0 Å². The van der Waals surface area contributed by atoms with E-state index < -0.39 is 12.2 Å². The normalized spacial score (nSPS) is 15.3. The molecular formula is C9H14N2O2. The Balaban J connectivity index is 3.12. The summed E-state index contributed by atoms with van der Waals surface area (Å²) in [6.45, 7) is 1.48. The van der Waals surface area contributed by atoms with Crippen molar-refractivity contribution in [3.05, 3.63) is 23.8 Å². The molecular weight excluding hydrogens is 168 g/mol. The van der Waals surface area contributed by atoms with Gasteiger partial charge in [0, 0.05) is 16.9 Å². The highest BCUT2D eigenvalue weighted by Gasteiger charge is 2.18. The minimum Gasteiger partial charge on any atom is -0.398 e. The Morgan fingerprint density at radius 2 is 1.62 bits per heavy atom. The molecule has 0 aliphatic rings. The fraction of sp³-hybridized carbons (Fsp3) is 0.333. The van der Waals surface area contributed by atoms with E-state index in [9.17, 15) is 5.11 Å². The highest BCUT2D eigenvalue weighted by atomic mass is 16.3. The summed E-state index contributed by atoms with van der Waals surface area (Å²) in [6.07, 6.45) is -1.91. The van der Waals surface area contributed by atoms with E-state index >= 15 is 0 Å². The number of hydrogen-bond acceptors (Lipinski definition) is 4. The predicted molar refractivity (Wildman–Crippen MR) is 51.9 cm³/mol. The first kappa shape index (κ1) is 9.83. The second-order valence-corrected chi connectivity index (χ2v) is 3.04. The van der Waals surface area contributed by atoms with Crippen LogP contribution in [0.4, 0.5) is 11.4 Å². The minimum atomic E-state index is -1.03. The molecule has 0 saturated carbocycles. The van der Waals surface area contributed by atoms with Gasteiger partial charge in [0.05, 0.1) is 6.10 Å². The molecule has 0 bridgehead atoms. The lowest BCUT2D eigenvalue weighted by atomic mass is 10.0. The molecule has 0 aromatic heterocycles. The maximum atomic E-state index is 9.55. The molecule has 1 aromatic carbocycles. The maximum Gasteiger partial charge on any atom is 0.109 e. The summed E-state index contributed by atoms with van der Waals surface area (Å²) in [7, 11) is 0. The van der Waals surface area contributed by atoms with E-state index in [0.29, 0.717) is 16.9 Å². The van der Waals surface area contributed by atoms with Gasteiger partial charge in [0.2, 0.25) is 0 Å². The summed E-state index contributed by atoms with van der Waals surface area (Å²) < 4.78 is 0. The smallest absolute Gasteiger partial charge is 0.109 e. The third kappa shape index (κ3) is 1.91. The quantitative estimate of drug-likeness (QED) is 0.494. The third-order valence-corrected chi connectivity index (χ3v) is 1.93. The first-order valence-electron chi connectivity index (χ1n) is 4.04. The molecule has 0 spiro atoms. The zero-order valence-electron chi connectivity index (χ0n) is 7.44. The highest BCUT2D eigenvalue weighted by molar-refractivity contribution is 5.62. The van der Waals surface area contributed by atoms with Crippen LogP contribution in [0.3, 0.4) is 0 Å². The SMILES string of the molecule is C[C@H](O)[C@@H](O)c1c(N)cccc1N. The number of aliphatic hydroxyl groups is 2. The second-order valence-electron chi connectivity index (χ2n) is 3.04. The van der Waals surface area contributed by atoms with Crippen molar-refractivity contribution in [2.24, 2.45) is 0 Å². The Morgan fingerprint density at radius 1 is 1.15 bits per heavy atom. The molecule has 6 N–H and O–H groups in total. The van der Waals surface area contributed by atoms with Crippen LogP contribution in [0.15, 0.2) is 18.2 Å². The van der Waals surface area contributed by atoms with Crippen LogP contribution in [0.2, 0.25) is 0 Å². The lowest BCUT2D eigenvalue weighted by Gasteiger charge is -2.17. The average Bonchev–Trinajstić information content (AvgIpc) is 2.03. The number of rotatable bonds is 2. The summed E-state index contributed by atoms with van der Waals surface area (Å²) in [6, 6.07) is 4.97. The van der Waals surface area contributed by atoms with Crippen molar-refractivity contribution in [3.8, 4) is 0 Å². The molecule has 0 saturated heterocycles. The van der Waals surface area contributed by atoms with Crippen LogP contribution in [-0.4, -0.2) is 16.3 Å². The first-order valence-corrected chi connectivity index (χ1v) is 4.04. The molecule has 4 heteroatoms. The zero-order valence-corrected chi connectivity index (χ0v) is 7.44. The molecule has 2 atom stereocenters. The Bertz CT molecular complexity index is 279. The largest absolute Gasteiger partial charge is 0.398 e. The van der Waals surface area contributed by atoms with Gasteiger partial charge in [-0.25, -0.2) is 0 Å². The van der Waals surface area contributed by atoms with Gasteiger partial charge in [-0.05, 0) is 19.1 Å². The molecule has 4 nitrogen and oxygen atoms in total. The number of anilines is 2. The van der Waals surface area contributed by atoms with Crippen LogP contribution in [0.1, 0.15) is 18.6 Å². The molecule has 72 valence electrons. The van der Waals surface area contributed by atoms with Gasteiger partial charge in [0.25, 0.3) is 0 Å². The van der Waals surface area contributed by atoms with Crippen molar-refractivity contribution in [2.75, 3.05) is 11.5 Å². The summed E-state index contributed by atoms with van der Waals surface area (Å²) in [4.78, 5) is 0. The molecule has 0 fully saturated rings. The van der Waals surface area contributed by atoms with E-state index in [1.807, 2.05) is 0 Å². The maximum absolute atomic E-state index is 9.55. The lowest BCUT2D eigenvalue weighted by molar-refractivity contribution is 0.0314. The Hall–Kier alpha value is -1.26. The van der Waals surface area contributed by atoms with Crippen molar-refractivity contribution in [2.45, 2.75) is 19.1 Å². The van der Waals surface area contributed by atoms with Crippen LogP contribution in [0.25, 0.3) is 0 Å². The Labute approximate surface area is 76.8 Å². The number of hydrogen-bond donors (Lipinski definition) is 4. The molecule has 0 unspecified atom stereocenters. The van der Waals surface area contributed by atoms with Crippen LogP contribution >= 0.6 is 0 Å². The lowest BCUT2D eigenvalue weighted by Crippen LogP contribution is -2.17. The Kier molecular flexibility index (Phi) is 2.75. The standard InChI is InChI=1S/C9H14N2O2/c1-5(12)9(13)8-6(10)3-2-4-7(8)11/h2-5,9,12-13H,10-11H2,1H3/t5-,9+/m0/s1. The molecule has 0 amide bonds. The van der Waals surface area contributed by atoms with Crippen molar-refractivity contribution in [1.29, 1.82) is 0 Å². The molecule has 0 aliphatic carbocycles. The van der Waals surface area contributed by atoms with E-state index in [2.05, 4.69) is 0 Å². The summed E-state index contributed by atoms with van der Waals surface area (Å²) in [5, 5.41) is 18.7. The van der Waals surface area contributed by atoms with Gasteiger partial charge < -0.3 is 21.7 Å². The van der Waals surface area contributed by atoms with Gasteiger partial charge in [-0.15, -0.1) is 0 Å². The second kappa shape index (κ2) is 3.64. The fourth-order valence-corrected chi connectivity index (χ4v) is 1.18. The van der Waals surface area contributed by atoms with E-state index in [0.717, 1.165) is 0 Å². The molecule has 1 aromatic rings. The number of nitrogens with two attached hydrogens (primary N) is 2. The highest BCUT2D eigenvalue weighted by Crippen LogP contribution is 2.28. The number of nitrogen functional groups attached to an aromatic ring is 2. The van der Waals surface area contributed by atoms with E-state index in [4.69, 9.17) is 16.6 Å². The van der Waals surface area contributed by atoms with E-state index in [1.165, 1.54) is 6.92 Å². The van der Waals surface area contributed by atoms with Crippen molar-refractivity contribution < 1.29 is 10.2 Å². The van der Waals surface area contributed by atoms with E-state index in [-0.39, 0.29) is 0 Å². The Morgan fingerprint density at radius 3 is 2.00 bits per heavy atom. The first-order chi connectivity index (χ1) is 6.04. The minimum absolute atomic E-state index is 0.397. The van der Waals surface area contributed by atoms with Gasteiger partial charge in [0.15, 0.2) is 0 Å². The van der Waals surface area contributed by atoms with Crippen LogP contribution < -0.4 is 11.5 Å². The number of benzene rings is 1. The van der Waals surface area contributed by atoms with E-state index in [1.54, 1.807) is 18.2 Å². The van der Waals surface area contributed by atoms with Gasteiger partial charge in [-0.3, -0.25) is 0 Å². The fourth-order valence-electron chi connectivity index (χ4n) is 1.18. The van der Waals surface area contributed by atoms with Crippen LogP contribution in [-0.2, 0) is 0 Å². The van der Waals surface area contributed by atoms with Gasteiger partial charge in [-0.1, -0.05) is 6.07 Å². The molecule has 0 aliphatic heterocycles. The predicted octanol–water partition coefficient (Wildman–Crippen LogP) is 0.265. The monoisotopic (exact) mass is 182 g/mol. The molecule has 0 radical (unpaired) electrons. The average molecular weight is 182 g/mol.